The van der Waals surface area contributed by atoms with Crippen molar-refractivity contribution in [2.24, 2.45) is 5.41 Å². The number of carbonyl (C=O) groups excluding carboxylic acids is 1. The van der Waals surface area contributed by atoms with Gasteiger partial charge < -0.3 is 15.2 Å². The topological polar surface area (TPSA) is 75.6 Å². The Kier molecular flexibility index (Phi) is 5.11. The van der Waals surface area contributed by atoms with Crippen LogP contribution >= 0.6 is 0 Å². The first-order chi connectivity index (χ1) is 12.3. The lowest BCUT2D eigenvalue weighted by Gasteiger charge is -2.58. The normalized spacial score (nSPS) is 29.3. The SMILES string of the molecule is CCOC1CC(NC(=O)CC2CCCc3ccccc32)(C(=O)O)C1(C)C. The van der Waals surface area contributed by atoms with Crippen LogP contribution in [0, 0.1) is 5.41 Å². The van der Waals surface area contributed by atoms with E-state index < -0.39 is 16.9 Å². The Balaban J connectivity index is 1.72. The fraction of sp³-hybridized carbons (Fsp3) is 0.619. The number of carboxylic acids is 1. The maximum atomic E-state index is 12.8. The number of fused-ring (bicyclic) bond motifs is 1. The van der Waals surface area contributed by atoms with E-state index in [1.165, 1.54) is 11.1 Å². The predicted molar refractivity (Wildman–Crippen MR) is 99.1 cm³/mol. The molecule has 1 aromatic carbocycles. The van der Waals surface area contributed by atoms with Crippen molar-refractivity contribution in [3.63, 3.8) is 0 Å². The summed E-state index contributed by atoms with van der Waals surface area (Å²) >= 11 is 0. The van der Waals surface area contributed by atoms with Crippen molar-refractivity contribution in [3.05, 3.63) is 35.4 Å². The molecule has 2 aliphatic carbocycles. The van der Waals surface area contributed by atoms with Gasteiger partial charge in [0.05, 0.1) is 6.10 Å². The summed E-state index contributed by atoms with van der Waals surface area (Å²) in [7, 11) is 0. The Bertz CT molecular complexity index is 699. The summed E-state index contributed by atoms with van der Waals surface area (Å²) in [5.74, 6) is -0.996. The summed E-state index contributed by atoms with van der Waals surface area (Å²) < 4.78 is 5.66. The second-order valence-corrected chi connectivity index (χ2v) is 8.12. The Labute approximate surface area is 155 Å². The van der Waals surface area contributed by atoms with Crippen LogP contribution in [0.3, 0.4) is 0 Å². The molecule has 1 aromatic rings. The van der Waals surface area contributed by atoms with Gasteiger partial charge in [0, 0.05) is 24.9 Å². The molecule has 26 heavy (non-hydrogen) atoms. The fourth-order valence-electron chi connectivity index (χ4n) is 4.62. The van der Waals surface area contributed by atoms with Crippen molar-refractivity contribution in [2.45, 2.75) is 70.4 Å². The zero-order valence-electron chi connectivity index (χ0n) is 15.9. The molecule has 3 rings (SSSR count). The summed E-state index contributed by atoms with van der Waals surface area (Å²) in [5, 5.41) is 12.7. The zero-order valence-corrected chi connectivity index (χ0v) is 15.9. The first kappa shape index (κ1) is 18.9. The van der Waals surface area contributed by atoms with Gasteiger partial charge in [-0.25, -0.2) is 4.79 Å². The molecule has 0 aliphatic heterocycles. The minimum absolute atomic E-state index is 0.153. The largest absolute Gasteiger partial charge is 0.479 e. The molecule has 1 saturated carbocycles. The molecule has 3 atom stereocenters. The summed E-state index contributed by atoms with van der Waals surface area (Å²) in [6.45, 7) is 6.16. The minimum Gasteiger partial charge on any atom is -0.479 e. The molecule has 5 nitrogen and oxygen atoms in total. The lowest BCUT2D eigenvalue weighted by atomic mass is 9.54. The second-order valence-electron chi connectivity index (χ2n) is 8.12. The highest BCUT2D eigenvalue weighted by atomic mass is 16.5. The third kappa shape index (κ3) is 3.02. The lowest BCUT2D eigenvalue weighted by molar-refractivity contribution is -0.194. The Morgan fingerprint density at radius 1 is 1.31 bits per heavy atom. The van der Waals surface area contributed by atoms with Crippen molar-refractivity contribution in [1.29, 1.82) is 0 Å². The van der Waals surface area contributed by atoms with E-state index >= 15 is 0 Å². The van der Waals surface area contributed by atoms with Crippen LogP contribution in [0.1, 0.15) is 63.5 Å². The van der Waals surface area contributed by atoms with Crippen LogP contribution in [0.5, 0.6) is 0 Å². The average Bonchev–Trinajstić information content (AvgIpc) is 2.60. The highest BCUT2D eigenvalue weighted by molar-refractivity contribution is 5.89. The maximum absolute atomic E-state index is 12.8. The molecule has 3 unspecified atom stereocenters. The Morgan fingerprint density at radius 2 is 2.04 bits per heavy atom. The number of hydrogen-bond acceptors (Lipinski definition) is 3. The van der Waals surface area contributed by atoms with Gasteiger partial charge >= 0.3 is 5.97 Å². The van der Waals surface area contributed by atoms with Crippen molar-refractivity contribution < 1.29 is 19.4 Å². The number of rotatable bonds is 6. The molecule has 0 saturated heterocycles. The molecular formula is C21H29NO4. The molecular weight excluding hydrogens is 330 g/mol. The first-order valence-electron chi connectivity index (χ1n) is 9.55. The smallest absolute Gasteiger partial charge is 0.330 e. The van der Waals surface area contributed by atoms with Crippen LogP contribution in [-0.4, -0.2) is 35.2 Å². The number of carboxylic acid groups (broad SMARTS) is 1. The number of amides is 1. The van der Waals surface area contributed by atoms with Crippen LogP contribution in [0.25, 0.3) is 0 Å². The fourth-order valence-corrected chi connectivity index (χ4v) is 4.62. The molecule has 0 heterocycles. The van der Waals surface area contributed by atoms with E-state index in [0.717, 1.165) is 19.3 Å². The molecule has 2 aliphatic rings. The van der Waals surface area contributed by atoms with Crippen molar-refractivity contribution in [3.8, 4) is 0 Å². The van der Waals surface area contributed by atoms with Crippen LogP contribution in [0.2, 0.25) is 0 Å². The lowest BCUT2D eigenvalue weighted by Crippen LogP contribution is -2.76. The van der Waals surface area contributed by atoms with Crippen LogP contribution < -0.4 is 5.32 Å². The number of ether oxygens (including phenoxy) is 1. The van der Waals surface area contributed by atoms with E-state index in [2.05, 4.69) is 17.4 Å². The van der Waals surface area contributed by atoms with Gasteiger partial charge in [-0.1, -0.05) is 38.1 Å². The number of aliphatic carboxylic acids is 1. The molecule has 0 aromatic heterocycles. The average molecular weight is 359 g/mol. The summed E-state index contributed by atoms with van der Waals surface area (Å²) in [6, 6.07) is 8.26. The van der Waals surface area contributed by atoms with Crippen molar-refractivity contribution in [2.75, 3.05) is 6.61 Å². The summed E-state index contributed by atoms with van der Waals surface area (Å²) in [4.78, 5) is 24.8. The summed E-state index contributed by atoms with van der Waals surface area (Å²) in [5.41, 5.74) is 0.649. The Hall–Kier alpha value is -1.88. The molecule has 1 fully saturated rings. The molecule has 2 N–H and O–H groups in total. The molecule has 0 radical (unpaired) electrons. The number of aryl methyl sites for hydroxylation is 1. The number of benzene rings is 1. The van der Waals surface area contributed by atoms with Crippen LogP contribution in [0.15, 0.2) is 24.3 Å². The molecule has 0 bridgehead atoms. The van der Waals surface area contributed by atoms with Gasteiger partial charge in [0.1, 0.15) is 5.54 Å². The predicted octanol–water partition coefficient (Wildman–Crippen LogP) is 3.27. The van der Waals surface area contributed by atoms with E-state index in [1.807, 2.05) is 32.9 Å². The van der Waals surface area contributed by atoms with Crippen molar-refractivity contribution in [1.82, 2.24) is 5.32 Å². The highest BCUT2D eigenvalue weighted by Crippen LogP contribution is 2.51. The number of nitrogens with one attached hydrogen (secondary N) is 1. The van der Waals surface area contributed by atoms with Crippen LogP contribution in [-0.2, 0) is 20.7 Å². The maximum Gasteiger partial charge on any atom is 0.330 e. The van der Waals surface area contributed by atoms with Gasteiger partial charge in [0.2, 0.25) is 5.91 Å². The van der Waals surface area contributed by atoms with Crippen LogP contribution in [0.4, 0.5) is 0 Å². The zero-order chi connectivity index (χ0) is 18.9. The van der Waals surface area contributed by atoms with Crippen molar-refractivity contribution >= 4 is 11.9 Å². The standard InChI is InChI=1S/C21H29NO4/c1-4-26-17-13-21(19(24)25,20(17,2)3)22-18(23)12-15-10-7-9-14-8-5-6-11-16(14)15/h5-6,8,11,15,17H,4,7,9-10,12-13H2,1-3H3,(H,22,23)(H,24,25). The number of hydrogen-bond donors (Lipinski definition) is 2. The monoisotopic (exact) mass is 359 g/mol. The minimum atomic E-state index is -1.25. The first-order valence-corrected chi connectivity index (χ1v) is 9.55. The quantitative estimate of drug-likeness (QED) is 0.817. The van der Waals surface area contributed by atoms with Gasteiger partial charge in [0.25, 0.3) is 0 Å². The molecule has 0 spiro atoms. The highest BCUT2D eigenvalue weighted by Gasteiger charge is 2.66. The third-order valence-corrected chi connectivity index (χ3v) is 6.41. The number of carbonyl (C=O) groups is 2. The Morgan fingerprint density at radius 3 is 2.69 bits per heavy atom. The molecule has 1 amide bonds. The molecule has 5 heteroatoms. The van der Waals surface area contributed by atoms with E-state index in [9.17, 15) is 14.7 Å². The van der Waals surface area contributed by atoms with Gasteiger partial charge in [-0.3, -0.25) is 4.79 Å². The third-order valence-electron chi connectivity index (χ3n) is 6.41. The van der Waals surface area contributed by atoms with Gasteiger partial charge in [-0.15, -0.1) is 0 Å². The van der Waals surface area contributed by atoms with Gasteiger partial charge in [-0.05, 0) is 43.2 Å². The van der Waals surface area contributed by atoms with E-state index in [-0.39, 0.29) is 17.9 Å². The van der Waals surface area contributed by atoms with E-state index in [1.54, 1.807) is 0 Å². The molecule has 142 valence electrons. The second kappa shape index (κ2) is 7.03. The van der Waals surface area contributed by atoms with Gasteiger partial charge in [-0.2, -0.15) is 0 Å². The van der Waals surface area contributed by atoms with Gasteiger partial charge in [0.15, 0.2) is 0 Å². The summed E-state index contributed by atoms with van der Waals surface area (Å²) in [6.07, 6.45) is 3.58. The van der Waals surface area contributed by atoms with E-state index in [4.69, 9.17) is 4.74 Å². The van der Waals surface area contributed by atoms with E-state index in [0.29, 0.717) is 19.4 Å².